The Balaban J connectivity index is 1.78. The lowest BCUT2D eigenvalue weighted by Crippen LogP contribution is -2.21. The van der Waals surface area contributed by atoms with Crippen LogP contribution in [0.1, 0.15) is 30.6 Å². The van der Waals surface area contributed by atoms with Crippen molar-refractivity contribution in [2.45, 2.75) is 25.9 Å². The van der Waals surface area contributed by atoms with Gasteiger partial charge in [0.15, 0.2) is 5.65 Å². The van der Waals surface area contributed by atoms with Gasteiger partial charge >= 0.3 is 0 Å². The number of rotatable bonds is 5. The largest absolute Gasteiger partial charge is 0.304 e. The van der Waals surface area contributed by atoms with Crippen LogP contribution in [0.3, 0.4) is 0 Å². The van der Waals surface area contributed by atoms with Crippen LogP contribution in [0.2, 0.25) is 0 Å². The van der Waals surface area contributed by atoms with E-state index in [1.54, 1.807) is 6.20 Å². The lowest BCUT2D eigenvalue weighted by Gasteiger charge is -2.17. The van der Waals surface area contributed by atoms with Gasteiger partial charge in [0, 0.05) is 18.8 Å². The molecule has 0 radical (unpaired) electrons. The molecule has 21 heavy (non-hydrogen) atoms. The van der Waals surface area contributed by atoms with Gasteiger partial charge in [0.2, 0.25) is 0 Å². The summed E-state index contributed by atoms with van der Waals surface area (Å²) in [5.41, 5.74) is 3.31. The Hall–Kier alpha value is -1.72. The van der Waals surface area contributed by atoms with Crippen LogP contribution in [0.15, 0.2) is 53.5 Å². The first-order valence-electron chi connectivity index (χ1n) is 7.03. The molecule has 0 bridgehead atoms. The molecule has 108 valence electrons. The van der Waals surface area contributed by atoms with Gasteiger partial charge in [-0.15, -0.1) is 0 Å². The van der Waals surface area contributed by atoms with Crippen LogP contribution in [-0.4, -0.2) is 14.4 Å². The summed E-state index contributed by atoms with van der Waals surface area (Å²) in [5, 5.41) is 3.60. The van der Waals surface area contributed by atoms with Crippen LogP contribution < -0.4 is 5.32 Å². The maximum Gasteiger partial charge on any atom is 0.155 e. The molecular formula is C16H17BrN4. The normalized spacial score (nSPS) is 12.7. The Kier molecular flexibility index (Phi) is 4.31. The summed E-state index contributed by atoms with van der Waals surface area (Å²) in [6.45, 7) is 2.96. The van der Waals surface area contributed by atoms with Crippen LogP contribution in [-0.2, 0) is 6.54 Å². The smallest absolute Gasteiger partial charge is 0.155 e. The Labute approximate surface area is 132 Å². The van der Waals surface area contributed by atoms with Crippen molar-refractivity contribution in [1.29, 1.82) is 0 Å². The molecular weight excluding hydrogens is 328 g/mol. The summed E-state index contributed by atoms with van der Waals surface area (Å²) < 4.78 is 2.87. The van der Waals surface area contributed by atoms with Crippen LogP contribution >= 0.6 is 15.9 Å². The Morgan fingerprint density at radius 1 is 1.19 bits per heavy atom. The highest BCUT2D eigenvalue weighted by atomic mass is 79.9. The van der Waals surface area contributed by atoms with E-state index in [1.165, 1.54) is 5.56 Å². The van der Waals surface area contributed by atoms with E-state index in [4.69, 9.17) is 0 Å². The molecule has 4 nitrogen and oxygen atoms in total. The van der Waals surface area contributed by atoms with Gasteiger partial charge in [0.25, 0.3) is 0 Å². The summed E-state index contributed by atoms with van der Waals surface area (Å²) in [6.07, 6.45) is 6.66. The number of aromatic nitrogens is 3. The summed E-state index contributed by atoms with van der Waals surface area (Å²) in [6, 6.07) is 10.9. The molecule has 0 aliphatic carbocycles. The van der Waals surface area contributed by atoms with Crippen molar-refractivity contribution in [2.24, 2.45) is 0 Å². The monoisotopic (exact) mass is 344 g/mol. The molecule has 1 aromatic carbocycles. The predicted octanol–water partition coefficient (Wildman–Crippen LogP) is 3.73. The van der Waals surface area contributed by atoms with Gasteiger partial charge in [-0.1, -0.05) is 37.3 Å². The van der Waals surface area contributed by atoms with Crippen molar-refractivity contribution in [3.63, 3.8) is 0 Å². The molecule has 0 fully saturated rings. The Morgan fingerprint density at radius 2 is 2.00 bits per heavy atom. The number of nitrogens with one attached hydrogen (secondary N) is 1. The highest BCUT2D eigenvalue weighted by molar-refractivity contribution is 9.10. The molecule has 1 N–H and O–H groups in total. The molecule has 0 saturated heterocycles. The van der Waals surface area contributed by atoms with Gasteiger partial charge < -0.3 is 5.32 Å². The summed E-state index contributed by atoms with van der Waals surface area (Å²) in [4.78, 5) is 8.57. The lowest BCUT2D eigenvalue weighted by atomic mass is 10.0. The topological polar surface area (TPSA) is 42.2 Å². The van der Waals surface area contributed by atoms with E-state index >= 15 is 0 Å². The molecule has 0 saturated carbocycles. The van der Waals surface area contributed by atoms with E-state index in [-0.39, 0.29) is 0 Å². The third-order valence-corrected chi connectivity index (χ3v) is 3.99. The second-order valence-electron chi connectivity index (χ2n) is 4.94. The van der Waals surface area contributed by atoms with Crippen LogP contribution in [0.4, 0.5) is 0 Å². The van der Waals surface area contributed by atoms with Gasteiger partial charge in [0.05, 0.1) is 18.1 Å². The first-order valence-corrected chi connectivity index (χ1v) is 7.83. The summed E-state index contributed by atoms with van der Waals surface area (Å²) in [5.74, 6) is 0. The number of hydrogen-bond donors (Lipinski definition) is 1. The quantitative estimate of drug-likeness (QED) is 0.766. The van der Waals surface area contributed by atoms with E-state index in [1.807, 2.05) is 18.5 Å². The third-order valence-electron chi connectivity index (χ3n) is 3.58. The maximum atomic E-state index is 4.38. The van der Waals surface area contributed by atoms with Gasteiger partial charge in [-0.2, -0.15) is 0 Å². The standard InChI is InChI=1S/C16H17BrN4/c1-2-14(12-6-4-3-5-7-12)18-8-13-9-20-16-10-19-15(17)11-21(13)16/h3-7,9-11,14,18H,2,8H2,1H3. The number of imidazole rings is 1. The number of fused-ring (bicyclic) bond motifs is 1. The second kappa shape index (κ2) is 6.37. The number of halogens is 1. The van der Waals surface area contributed by atoms with Crippen molar-refractivity contribution >= 4 is 21.6 Å². The SMILES string of the molecule is CCC(NCc1cnc2cnc(Br)cn12)c1ccccc1. The fraction of sp³-hybridized carbons (Fsp3) is 0.250. The van der Waals surface area contributed by atoms with Crippen molar-refractivity contribution in [2.75, 3.05) is 0 Å². The molecule has 5 heteroatoms. The van der Waals surface area contributed by atoms with E-state index < -0.39 is 0 Å². The molecule has 3 aromatic rings. The van der Waals surface area contributed by atoms with Crippen molar-refractivity contribution in [1.82, 2.24) is 19.7 Å². The van der Waals surface area contributed by atoms with Crippen molar-refractivity contribution < 1.29 is 0 Å². The van der Waals surface area contributed by atoms with Crippen LogP contribution in [0, 0.1) is 0 Å². The van der Waals surface area contributed by atoms with Gasteiger partial charge in [-0.25, -0.2) is 9.97 Å². The zero-order chi connectivity index (χ0) is 14.7. The average molecular weight is 345 g/mol. The van der Waals surface area contributed by atoms with E-state index in [2.05, 4.69) is 66.8 Å². The molecule has 3 rings (SSSR count). The highest BCUT2D eigenvalue weighted by Gasteiger charge is 2.10. The first kappa shape index (κ1) is 14.2. The zero-order valence-electron chi connectivity index (χ0n) is 11.8. The summed E-state index contributed by atoms with van der Waals surface area (Å²) in [7, 11) is 0. The van der Waals surface area contributed by atoms with Crippen LogP contribution in [0.5, 0.6) is 0 Å². The predicted molar refractivity (Wildman–Crippen MR) is 87.0 cm³/mol. The average Bonchev–Trinajstić information content (AvgIpc) is 2.91. The highest BCUT2D eigenvalue weighted by Crippen LogP contribution is 2.17. The van der Waals surface area contributed by atoms with Gasteiger partial charge in [0.1, 0.15) is 4.60 Å². The minimum atomic E-state index is 0.349. The van der Waals surface area contributed by atoms with Crippen molar-refractivity contribution in [3.05, 3.63) is 64.8 Å². The number of hydrogen-bond acceptors (Lipinski definition) is 3. The summed E-state index contributed by atoms with van der Waals surface area (Å²) >= 11 is 3.40. The molecule has 0 aliphatic rings. The third kappa shape index (κ3) is 3.14. The second-order valence-corrected chi connectivity index (χ2v) is 5.75. The van der Waals surface area contributed by atoms with E-state index in [0.717, 1.165) is 28.9 Å². The fourth-order valence-corrected chi connectivity index (χ4v) is 2.76. The number of nitrogens with zero attached hydrogens (tertiary/aromatic N) is 3. The molecule has 0 amide bonds. The van der Waals surface area contributed by atoms with Crippen LogP contribution in [0.25, 0.3) is 5.65 Å². The van der Waals surface area contributed by atoms with Gasteiger partial charge in [-0.05, 0) is 27.9 Å². The number of benzene rings is 1. The Morgan fingerprint density at radius 3 is 2.76 bits per heavy atom. The minimum absolute atomic E-state index is 0.349. The van der Waals surface area contributed by atoms with E-state index in [9.17, 15) is 0 Å². The van der Waals surface area contributed by atoms with Gasteiger partial charge in [-0.3, -0.25) is 4.40 Å². The first-order chi connectivity index (χ1) is 10.3. The maximum absolute atomic E-state index is 4.38. The lowest BCUT2D eigenvalue weighted by molar-refractivity contribution is 0.513. The fourth-order valence-electron chi connectivity index (χ4n) is 2.46. The molecule has 0 spiro atoms. The molecule has 1 unspecified atom stereocenters. The molecule has 2 heterocycles. The molecule has 1 atom stereocenters. The van der Waals surface area contributed by atoms with E-state index in [0.29, 0.717) is 6.04 Å². The molecule has 2 aromatic heterocycles. The Bertz CT molecular complexity index is 723. The zero-order valence-corrected chi connectivity index (χ0v) is 13.4. The molecule has 0 aliphatic heterocycles. The minimum Gasteiger partial charge on any atom is -0.304 e. The van der Waals surface area contributed by atoms with Crippen molar-refractivity contribution in [3.8, 4) is 0 Å².